The summed E-state index contributed by atoms with van der Waals surface area (Å²) in [4.78, 5) is 13.1. The van der Waals surface area contributed by atoms with Crippen molar-refractivity contribution in [2.24, 2.45) is 0 Å². The molecule has 3 heteroatoms. The van der Waals surface area contributed by atoms with Crippen molar-refractivity contribution >= 4 is 17.3 Å². The molecule has 0 fully saturated rings. The van der Waals surface area contributed by atoms with Gasteiger partial charge >= 0.3 is 0 Å². The summed E-state index contributed by atoms with van der Waals surface area (Å²) in [5, 5.41) is 7.58. The van der Waals surface area contributed by atoms with E-state index in [0.717, 1.165) is 5.69 Å². The molecule has 14 heavy (non-hydrogen) atoms. The number of nitrogens with zero attached hydrogens (tertiary/aromatic N) is 1. The number of nitrogens with one attached hydrogen (secondary N) is 1. The number of anilines is 1. The fourth-order valence-electron chi connectivity index (χ4n) is 1.53. The van der Waals surface area contributed by atoms with Crippen molar-refractivity contribution in [2.45, 2.75) is 0 Å². The molecule has 2 rings (SSSR count). The maximum absolute atomic E-state index is 11.5. The van der Waals surface area contributed by atoms with E-state index in [2.05, 4.69) is 5.92 Å². The van der Waals surface area contributed by atoms with Crippen LogP contribution in [0.25, 0.3) is 0 Å². The molecule has 0 spiro atoms. The van der Waals surface area contributed by atoms with Crippen molar-refractivity contribution in [2.75, 3.05) is 11.4 Å². The van der Waals surface area contributed by atoms with Gasteiger partial charge in [-0.15, -0.1) is 6.42 Å². The lowest BCUT2D eigenvalue weighted by molar-refractivity contribution is 0.106. The fraction of sp³-hybridized carbons (Fsp3) is 0.0909. The number of terminal acetylenes is 1. The SMILES string of the molecule is C#CCN1C(=N)C(=O)c2ccccc21. The Morgan fingerprint density at radius 2 is 2.14 bits per heavy atom. The first-order valence-electron chi connectivity index (χ1n) is 4.19. The third kappa shape index (κ3) is 1.01. The number of hydrogen-bond acceptors (Lipinski definition) is 2. The van der Waals surface area contributed by atoms with Crippen LogP contribution in [0.2, 0.25) is 0 Å². The number of benzene rings is 1. The summed E-state index contributed by atoms with van der Waals surface area (Å²) in [5.74, 6) is 2.14. The van der Waals surface area contributed by atoms with E-state index in [1.165, 1.54) is 4.90 Å². The van der Waals surface area contributed by atoms with Crippen LogP contribution in [0.3, 0.4) is 0 Å². The van der Waals surface area contributed by atoms with Gasteiger partial charge in [0.25, 0.3) is 0 Å². The van der Waals surface area contributed by atoms with Crippen molar-refractivity contribution in [1.29, 1.82) is 5.41 Å². The van der Waals surface area contributed by atoms with Crippen LogP contribution >= 0.6 is 0 Å². The number of carbonyl (C=O) groups excluding carboxylic acids is 1. The Balaban J connectivity index is 2.54. The molecule has 1 heterocycles. The van der Waals surface area contributed by atoms with E-state index in [4.69, 9.17) is 11.8 Å². The van der Waals surface area contributed by atoms with Crippen LogP contribution in [0.15, 0.2) is 24.3 Å². The first-order chi connectivity index (χ1) is 6.75. The quantitative estimate of drug-likeness (QED) is 0.668. The van der Waals surface area contributed by atoms with Crippen molar-refractivity contribution in [1.82, 2.24) is 0 Å². The average Bonchev–Trinajstić information content (AvgIpc) is 2.45. The number of amidine groups is 1. The van der Waals surface area contributed by atoms with E-state index >= 15 is 0 Å². The number of rotatable bonds is 1. The molecular formula is C11H8N2O. The Labute approximate surface area is 81.9 Å². The maximum atomic E-state index is 11.5. The molecule has 68 valence electrons. The summed E-state index contributed by atoms with van der Waals surface area (Å²) in [5.41, 5.74) is 1.30. The smallest absolute Gasteiger partial charge is 0.229 e. The Bertz CT molecular complexity index is 457. The third-order valence-corrected chi connectivity index (χ3v) is 2.17. The molecule has 0 radical (unpaired) electrons. The molecule has 1 aromatic carbocycles. The summed E-state index contributed by atoms with van der Waals surface area (Å²) in [7, 11) is 0. The number of ketones is 1. The van der Waals surface area contributed by atoms with E-state index in [-0.39, 0.29) is 18.2 Å². The van der Waals surface area contributed by atoms with Crippen LogP contribution in [0.4, 0.5) is 5.69 Å². The summed E-state index contributed by atoms with van der Waals surface area (Å²) < 4.78 is 0. The van der Waals surface area contributed by atoms with Crippen LogP contribution < -0.4 is 4.90 Å². The van der Waals surface area contributed by atoms with E-state index < -0.39 is 0 Å². The van der Waals surface area contributed by atoms with E-state index in [1.54, 1.807) is 18.2 Å². The van der Waals surface area contributed by atoms with Gasteiger partial charge in [-0.1, -0.05) is 18.1 Å². The predicted octanol–water partition coefficient (Wildman–Crippen LogP) is 1.30. The van der Waals surface area contributed by atoms with Crippen LogP contribution in [0.1, 0.15) is 10.4 Å². The Hall–Kier alpha value is -2.08. The number of hydrogen-bond donors (Lipinski definition) is 1. The molecule has 0 saturated heterocycles. The Kier molecular flexibility index (Phi) is 1.83. The fourth-order valence-corrected chi connectivity index (χ4v) is 1.53. The molecule has 0 unspecified atom stereocenters. The van der Waals surface area contributed by atoms with Crippen molar-refractivity contribution in [3.8, 4) is 12.3 Å². The standard InChI is InChI=1S/C11H8N2O/c1-2-7-13-9-6-4-3-5-8(9)10(14)11(13)12/h1,3-6,12H,7H2. The molecule has 0 aliphatic carbocycles. The number of para-hydroxylation sites is 1. The topological polar surface area (TPSA) is 44.2 Å². The van der Waals surface area contributed by atoms with Crippen molar-refractivity contribution in [3.05, 3.63) is 29.8 Å². The van der Waals surface area contributed by atoms with Gasteiger partial charge in [-0.25, -0.2) is 0 Å². The van der Waals surface area contributed by atoms with E-state index in [9.17, 15) is 4.79 Å². The van der Waals surface area contributed by atoms with E-state index in [0.29, 0.717) is 5.56 Å². The molecule has 1 N–H and O–H groups in total. The van der Waals surface area contributed by atoms with Crippen LogP contribution in [-0.4, -0.2) is 18.2 Å². The van der Waals surface area contributed by atoms with Gasteiger partial charge in [0.1, 0.15) is 0 Å². The minimum absolute atomic E-state index is 0.0378. The molecule has 0 aromatic heterocycles. The first kappa shape index (κ1) is 8.52. The molecule has 1 aliphatic rings. The summed E-state index contributed by atoms with van der Waals surface area (Å²) >= 11 is 0. The summed E-state index contributed by atoms with van der Waals surface area (Å²) in [6.07, 6.45) is 5.17. The lowest BCUT2D eigenvalue weighted by Gasteiger charge is -2.13. The molecule has 0 bridgehead atoms. The van der Waals surface area contributed by atoms with Crippen LogP contribution in [-0.2, 0) is 0 Å². The zero-order valence-electron chi connectivity index (χ0n) is 7.45. The highest BCUT2D eigenvalue weighted by atomic mass is 16.1. The van der Waals surface area contributed by atoms with Gasteiger partial charge in [-0.3, -0.25) is 10.2 Å². The lowest BCUT2D eigenvalue weighted by Crippen LogP contribution is -2.29. The molecule has 0 amide bonds. The third-order valence-electron chi connectivity index (χ3n) is 2.17. The summed E-state index contributed by atoms with van der Waals surface area (Å²) in [6.45, 7) is 0.265. The van der Waals surface area contributed by atoms with Gasteiger partial charge in [0.15, 0.2) is 5.84 Å². The van der Waals surface area contributed by atoms with Gasteiger partial charge in [0, 0.05) is 5.56 Å². The highest BCUT2D eigenvalue weighted by Crippen LogP contribution is 2.27. The second-order valence-electron chi connectivity index (χ2n) is 2.99. The molecule has 1 aliphatic heterocycles. The number of carbonyl (C=O) groups is 1. The molecular weight excluding hydrogens is 176 g/mol. The highest BCUT2D eigenvalue weighted by molar-refractivity contribution is 6.53. The number of Topliss-reactive ketones (excluding diaryl/α,β-unsaturated/α-hetero) is 1. The molecule has 0 atom stereocenters. The van der Waals surface area contributed by atoms with Gasteiger partial charge in [0.2, 0.25) is 5.78 Å². The Morgan fingerprint density at radius 3 is 2.86 bits per heavy atom. The van der Waals surface area contributed by atoms with Crippen molar-refractivity contribution in [3.63, 3.8) is 0 Å². The first-order valence-corrected chi connectivity index (χ1v) is 4.19. The molecule has 3 nitrogen and oxygen atoms in total. The average molecular weight is 184 g/mol. The summed E-state index contributed by atoms with van der Waals surface area (Å²) in [6, 6.07) is 7.12. The van der Waals surface area contributed by atoms with Gasteiger partial charge < -0.3 is 4.90 Å². The number of fused-ring (bicyclic) bond motifs is 1. The van der Waals surface area contributed by atoms with E-state index in [1.807, 2.05) is 6.07 Å². The second-order valence-corrected chi connectivity index (χ2v) is 2.99. The lowest BCUT2D eigenvalue weighted by atomic mass is 10.1. The maximum Gasteiger partial charge on any atom is 0.229 e. The van der Waals surface area contributed by atoms with Gasteiger partial charge in [-0.05, 0) is 12.1 Å². The Morgan fingerprint density at radius 1 is 1.43 bits per heavy atom. The molecule has 0 saturated carbocycles. The zero-order chi connectivity index (χ0) is 10.1. The van der Waals surface area contributed by atoms with Crippen LogP contribution in [0.5, 0.6) is 0 Å². The van der Waals surface area contributed by atoms with Crippen LogP contribution in [0, 0.1) is 17.8 Å². The minimum Gasteiger partial charge on any atom is -0.311 e. The van der Waals surface area contributed by atoms with Gasteiger partial charge in [0.05, 0.1) is 12.2 Å². The van der Waals surface area contributed by atoms with Crippen molar-refractivity contribution < 1.29 is 4.79 Å². The zero-order valence-corrected chi connectivity index (χ0v) is 7.45. The predicted molar refractivity (Wildman–Crippen MR) is 54.7 cm³/mol. The largest absolute Gasteiger partial charge is 0.311 e. The van der Waals surface area contributed by atoms with Gasteiger partial charge in [-0.2, -0.15) is 0 Å². The molecule has 1 aromatic rings. The monoisotopic (exact) mass is 184 g/mol. The minimum atomic E-state index is -0.254. The normalized spacial score (nSPS) is 14.1. The highest BCUT2D eigenvalue weighted by Gasteiger charge is 2.31. The second kappa shape index (κ2) is 3.00.